The van der Waals surface area contributed by atoms with Gasteiger partial charge in [-0.3, -0.25) is 4.79 Å². The van der Waals surface area contributed by atoms with E-state index in [0.717, 1.165) is 10.2 Å². The van der Waals surface area contributed by atoms with Gasteiger partial charge in [-0.15, -0.1) is 0 Å². The van der Waals surface area contributed by atoms with Gasteiger partial charge in [0.05, 0.1) is 19.2 Å². The molecule has 2 aromatic rings. The van der Waals surface area contributed by atoms with Gasteiger partial charge in [0.1, 0.15) is 12.4 Å². The van der Waals surface area contributed by atoms with Gasteiger partial charge in [0, 0.05) is 10.0 Å². The lowest BCUT2D eigenvalue weighted by atomic mass is 10.1. The van der Waals surface area contributed by atoms with Crippen LogP contribution in [0, 0.1) is 11.8 Å². The summed E-state index contributed by atoms with van der Waals surface area (Å²) in [6, 6.07) is 13.7. The van der Waals surface area contributed by atoms with Gasteiger partial charge in [-0.05, 0) is 42.5 Å². The van der Waals surface area contributed by atoms with E-state index in [1.165, 1.54) is 19.2 Å². The van der Waals surface area contributed by atoms with Crippen LogP contribution in [0.1, 0.15) is 20.7 Å². The van der Waals surface area contributed by atoms with Crippen LogP contribution in [0.25, 0.3) is 0 Å². The summed E-state index contributed by atoms with van der Waals surface area (Å²) in [4.78, 5) is 23.3. The molecule has 1 N–H and O–H groups in total. The van der Waals surface area contributed by atoms with Crippen molar-refractivity contribution in [1.82, 2.24) is 5.32 Å². The van der Waals surface area contributed by atoms with Crippen molar-refractivity contribution < 1.29 is 19.1 Å². The molecular formula is C19H16BrNO4. The van der Waals surface area contributed by atoms with E-state index >= 15 is 0 Å². The van der Waals surface area contributed by atoms with Crippen LogP contribution in [0.4, 0.5) is 0 Å². The minimum absolute atomic E-state index is 0.208. The molecule has 0 aliphatic rings. The lowest BCUT2D eigenvalue weighted by molar-refractivity contribution is 0.0600. The molecule has 5 nitrogen and oxygen atoms in total. The Labute approximate surface area is 154 Å². The van der Waals surface area contributed by atoms with E-state index in [0.29, 0.717) is 11.1 Å². The Hall–Kier alpha value is -2.78. The maximum absolute atomic E-state index is 12.0. The zero-order chi connectivity index (χ0) is 18.1. The second kappa shape index (κ2) is 9.50. The number of hydrogen-bond donors (Lipinski definition) is 1. The van der Waals surface area contributed by atoms with E-state index in [1.807, 2.05) is 24.3 Å². The Morgan fingerprint density at radius 3 is 2.48 bits per heavy atom. The lowest BCUT2D eigenvalue weighted by Gasteiger charge is -2.03. The second-order valence-electron chi connectivity index (χ2n) is 4.85. The molecule has 0 heterocycles. The van der Waals surface area contributed by atoms with Gasteiger partial charge in [0.15, 0.2) is 0 Å². The highest BCUT2D eigenvalue weighted by Crippen LogP contribution is 2.17. The molecule has 25 heavy (non-hydrogen) atoms. The molecule has 0 bridgehead atoms. The first kappa shape index (κ1) is 18.6. The zero-order valence-electron chi connectivity index (χ0n) is 13.5. The molecule has 0 unspecified atom stereocenters. The highest BCUT2D eigenvalue weighted by Gasteiger charge is 2.07. The van der Waals surface area contributed by atoms with E-state index in [4.69, 9.17) is 4.74 Å². The smallest absolute Gasteiger partial charge is 0.337 e. The molecule has 2 rings (SSSR count). The van der Waals surface area contributed by atoms with Crippen molar-refractivity contribution in [2.24, 2.45) is 0 Å². The molecule has 0 saturated heterocycles. The molecule has 0 radical (unpaired) electrons. The minimum atomic E-state index is -0.441. The predicted octanol–water partition coefficient (Wildman–Crippen LogP) is 3.05. The molecule has 1 amide bonds. The molecule has 0 saturated carbocycles. The third-order valence-electron chi connectivity index (χ3n) is 3.14. The quantitative estimate of drug-likeness (QED) is 0.617. The van der Waals surface area contributed by atoms with Crippen LogP contribution >= 0.6 is 15.9 Å². The summed E-state index contributed by atoms with van der Waals surface area (Å²) in [5.41, 5.74) is 0.836. The summed E-state index contributed by atoms with van der Waals surface area (Å²) >= 11 is 3.36. The van der Waals surface area contributed by atoms with E-state index < -0.39 is 5.97 Å². The van der Waals surface area contributed by atoms with Crippen molar-refractivity contribution in [2.45, 2.75) is 0 Å². The molecule has 0 fully saturated rings. The Morgan fingerprint density at radius 1 is 1.08 bits per heavy atom. The molecular weight excluding hydrogens is 386 g/mol. The number of nitrogens with one attached hydrogen (secondary N) is 1. The number of halogens is 1. The second-order valence-corrected chi connectivity index (χ2v) is 5.77. The van der Waals surface area contributed by atoms with E-state index in [-0.39, 0.29) is 19.1 Å². The average molecular weight is 402 g/mol. The molecule has 0 aliphatic carbocycles. The fourth-order valence-corrected chi connectivity index (χ4v) is 2.27. The molecule has 2 aromatic carbocycles. The highest BCUT2D eigenvalue weighted by atomic mass is 79.9. The van der Waals surface area contributed by atoms with Gasteiger partial charge in [-0.25, -0.2) is 4.79 Å². The first-order valence-electron chi connectivity index (χ1n) is 7.41. The van der Waals surface area contributed by atoms with Gasteiger partial charge in [0.2, 0.25) is 0 Å². The number of amides is 1. The standard InChI is InChI=1S/C19H16BrNO4/c1-24-19(23)15-9-7-14(8-10-15)18(22)21-11-2-3-12-25-17-6-4-5-16(20)13-17/h4-10,13H,11-12H2,1H3,(H,21,22). The van der Waals surface area contributed by atoms with Crippen LogP contribution in [0.5, 0.6) is 5.75 Å². The normalized spacial score (nSPS) is 9.52. The van der Waals surface area contributed by atoms with E-state index in [9.17, 15) is 9.59 Å². The SMILES string of the molecule is COC(=O)c1ccc(C(=O)NCC#CCOc2cccc(Br)c2)cc1. The van der Waals surface area contributed by atoms with Gasteiger partial charge >= 0.3 is 5.97 Å². The van der Waals surface area contributed by atoms with Crippen LogP contribution in [0.2, 0.25) is 0 Å². The van der Waals surface area contributed by atoms with Crippen LogP contribution < -0.4 is 10.1 Å². The number of hydrogen-bond acceptors (Lipinski definition) is 4. The number of rotatable bonds is 5. The van der Waals surface area contributed by atoms with Crippen LogP contribution in [-0.4, -0.2) is 32.1 Å². The summed E-state index contributed by atoms with van der Waals surface area (Å²) < 4.78 is 11.0. The van der Waals surface area contributed by atoms with E-state index in [2.05, 4.69) is 37.8 Å². The molecule has 0 aromatic heterocycles. The minimum Gasteiger partial charge on any atom is -0.481 e. The van der Waals surface area contributed by atoms with Crippen molar-refractivity contribution in [3.63, 3.8) is 0 Å². The largest absolute Gasteiger partial charge is 0.481 e. The fourth-order valence-electron chi connectivity index (χ4n) is 1.89. The molecule has 6 heteroatoms. The Balaban J connectivity index is 1.76. The number of carbonyl (C=O) groups excluding carboxylic acids is 2. The van der Waals surface area contributed by atoms with Crippen molar-refractivity contribution in [1.29, 1.82) is 0 Å². The molecule has 0 spiro atoms. The first-order chi connectivity index (χ1) is 12.1. The van der Waals surface area contributed by atoms with Crippen LogP contribution in [0.15, 0.2) is 53.0 Å². The van der Waals surface area contributed by atoms with Gasteiger partial charge < -0.3 is 14.8 Å². The van der Waals surface area contributed by atoms with Crippen molar-refractivity contribution in [2.75, 3.05) is 20.3 Å². The summed E-state index contributed by atoms with van der Waals surface area (Å²) in [5, 5.41) is 2.68. The molecule has 128 valence electrons. The number of methoxy groups -OCH3 is 1. The maximum Gasteiger partial charge on any atom is 0.337 e. The highest BCUT2D eigenvalue weighted by molar-refractivity contribution is 9.10. The third-order valence-corrected chi connectivity index (χ3v) is 3.63. The Bertz CT molecular complexity index is 806. The number of ether oxygens (including phenoxy) is 2. The Kier molecular flexibility index (Phi) is 7.05. The first-order valence-corrected chi connectivity index (χ1v) is 8.20. The monoisotopic (exact) mass is 401 g/mol. The maximum atomic E-state index is 12.0. The van der Waals surface area contributed by atoms with Gasteiger partial charge in [-0.2, -0.15) is 0 Å². The average Bonchev–Trinajstić information content (AvgIpc) is 2.64. The Morgan fingerprint density at radius 2 is 1.80 bits per heavy atom. The summed E-state index contributed by atoms with van der Waals surface area (Å²) in [7, 11) is 1.31. The number of benzene rings is 2. The molecule has 0 aliphatic heterocycles. The van der Waals surface area contributed by atoms with E-state index in [1.54, 1.807) is 12.1 Å². The van der Waals surface area contributed by atoms with Crippen LogP contribution in [0.3, 0.4) is 0 Å². The van der Waals surface area contributed by atoms with Gasteiger partial charge in [0.25, 0.3) is 5.91 Å². The van der Waals surface area contributed by atoms with Crippen LogP contribution in [-0.2, 0) is 4.74 Å². The summed E-state index contributed by atoms with van der Waals surface area (Å²) in [6.45, 7) is 0.444. The predicted molar refractivity (Wildman–Crippen MR) is 97.5 cm³/mol. The lowest BCUT2D eigenvalue weighted by Crippen LogP contribution is -2.23. The molecule has 0 atom stereocenters. The number of carbonyl (C=O) groups is 2. The summed E-state index contributed by atoms with van der Waals surface area (Å²) in [6.07, 6.45) is 0. The fraction of sp³-hybridized carbons (Fsp3) is 0.158. The van der Waals surface area contributed by atoms with Gasteiger partial charge in [-0.1, -0.05) is 33.8 Å². The zero-order valence-corrected chi connectivity index (χ0v) is 15.1. The van der Waals surface area contributed by atoms with Crippen molar-refractivity contribution in [3.8, 4) is 17.6 Å². The topological polar surface area (TPSA) is 64.6 Å². The summed E-state index contributed by atoms with van der Waals surface area (Å²) in [5.74, 6) is 5.66. The van der Waals surface area contributed by atoms with Crippen molar-refractivity contribution in [3.05, 3.63) is 64.1 Å². The number of esters is 1. The third kappa shape index (κ3) is 5.98. The van der Waals surface area contributed by atoms with Crippen molar-refractivity contribution >= 4 is 27.8 Å².